The fourth-order valence-electron chi connectivity index (χ4n) is 3.05. The molecule has 1 aromatic rings. The van der Waals surface area contributed by atoms with E-state index >= 15 is 0 Å². The van der Waals surface area contributed by atoms with E-state index in [1.165, 1.54) is 38.2 Å². The third kappa shape index (κ3) is 4.01. The van der Waals surface area contributed by atoms with Crippen molar-refractivity contribution < 1.29 is 4.39 Å². The van der Waals surface area contributed by atoms with Crippen LogP contribution in [0.1, 0.15) is 56.6 Å². The molecule has 1 saturated carbocycles. The lowest BCUT2D eigenvalue weighted by molar-refractivity contribution is 0.285. The van der Waals surface area contributed by atoms with E-state index < -0.39 is 0 Å². The Morgan fingerprint density at radius 3 is 2.42 bits per heavy atom. The summed E-state index contributed by atoms with van der Waals surface area (Å²) in [5.74, 6) is 5.96. The Bertz CT molecular complexity index is 403. The largest absolute Gasteiger partial charge is 0.271 e. The third-order valence-electron chi connectivity index (χ3n) is 4.09. The summed E-state index contributed by atoms with van der Waals surface area (Å²) in [6, 6.07) is 4.99. The van der Waals surface area contributed by atoms with Crippen molar-refractivity contribution in [1.29, 1.82) is 0 Å². The summed E-state index contributed by atoms with van der Waals surface area (Å²) < 4.78 is 14.9. The summed E-state index contributed by atoms with van der Waals surface area (Å²) in [6.45, 7) is 0. The van der Waals surface area contributed by atoms with Gasteiger partial charge < -0.3 is 0 Å². The van der Waals surface area contributed by atoms with Crippen LogP contribution in [0.25, 0.3) is 0 Å². The zero-order valence-electron chi connectivity index (χ0n) is 11.2. The Morgan fingerprint density at radius 2 is 1.79 bits per heavy atom. The first-order chi connectivity index (χ1) is 9.22. The summed E-state index contributed by atoms with van der Waals surface area (Å²) in [4.78, 5) is 0. The number of halogens is 2. The lowest BCUT2D eigenvalue weighted by atomic mass is 9.83. The first-order valence-electron chi connectivity index (χ1n) is 7.13. The second kappa shape index (κ2) is 7.36. The number of nitrogens with one attached hydrogen (secondary N) is 1. The lowest BCUT2D eigenvalue weighted by Crippen LogP contribution is -2.34. The van der Waals surface area contributed by atoms with Crippen LogP contribution in [0.2, 0.25) is 0 Å². The molecule has 0 saturated heterocycles. The van der Waals surface area contributed by atoms with E-state index in [1.807, 2.05) is 6.07 Å². The Labute approximate surface area is 123 Å². The van der Waals surface area contributed by atoms with E-state index in [9.17, 15) is 4.39 Å². The van der Waals surface area contributed by atoms with E-state index in [2.05, 4.69) is 21.4 Å². The van der Waals surface area contributed by atoms with E-state index in [0.29, 0.717) is 11.5 Å². The van der Waals surface area contributed by atoms with Crippen molar-refractivity contribution >= 4 is 15.9 Å². The van der Waals surface area contributed by atoms with E-state index in [4.69, 9.17) is 5.84 Å². The van der Waals surface area contributed by atoms with Crippen molar-refractivity contribution in [2.24, 2.45) is 11.8 Å². The van der Waals surface area contributed by atoms with Crippen molar-refractivity contribution in [2.75, 3.05) is 0 Å². The normalized spacial score (nSPS) is 19.7. The third-order valence-corrected chi connectivity index (χ3v) is 4.59. The first-order valence-corrected chi connectivity index (χ1v) is 7.92. The number of nitrogens with two attached hydrogens (primary N) is 1. The van der Waals surface area contributed by atoms with Gasteiger partial charge in [0, 0.05) is 10.0 Å². The monoisotopic (exact) mass is 328 g/mol. The summed E-state index contributed by atoms with van der Waals surface area (Å²) in [5.41, 5.74) is 3.53. The number of benzene rings is 1. The zero-order valence-corrected chi connectivity index (χ0v) is 12.8. The lowest BCUT2D eigenvalue weighted by Gasteiger charge is -2.29. The van der Waals surface area contributed by atoms with Gasteiger partial charge in [-0.3, -0.25) is 11.3 Å². The van der Waals surface area contributed by atoms with E-state index in [0.717, 1.165) is 17.3 Å². The summed E-state index contributed by atoms with van der Waals surface area (Å²) >= 11 is 3.41. The van der Waals surface area contributed by atoms with E-state index in [1.54, 1.807) is 6.07 Å². The Morgan fingerprint density at radius 1 is 1.16 bits per heavy atom. The van der Waals surface area contributed by atoms with Gasteiger partial charge >= 0.3 is 0 Å². The molecule has 1 atom stereocenters. The Kier molecular flexibility index (Phi) is 5.79. The zero-order chi connectivity index (χ0) is 13.7. The highest BCUT2D eigenvalue weighted by Crippen LogP contribution is 2.34. The predicted octanol–water partition coefficient (Wildman–Crippen LogP) is 4.45. The molecule has 1 fully saturated rings. The summed E-state index contributed by atoms with van der Waals surface area (Å²) in [7, 11) is 0. The van der Waals surface area contributed by atoms with Crippen LogP contribution < -0.4 is 11.3 Å². The smallest absolute Gasteiger partial charge is 0.128 e. The minimum absolute atomic E-state index is 0.0874. The Balaban J connectivity index is 2.19. The van der Waals surface area contributed by atoms with Gasteiger partial charge in [0.2, 0.25) is 0 Å². The maximum absolute atomic E-state index is 14.0. The van der Waals surface area contributed by atoms with E-state index in [-0.39, 0.29) is 11.9 Å². The topological polar surface area (TPSA) is 38.0 Å². The molecule has 1 unspecified atom stereocenters. The average molecular weight is 329 g/mol. The quantitative estimate of drug-likeness (QED) is 0.635. The fraction of sp³-hybridized carbons (Fsp3) is 0.600. The summed E-state index contributed by atoms with van der Waals surface area (Å²) in [6.07, 6.45) is 8.60. The van der Waals surface area contributed by atoms with Gasteiger partial charge in [-0.1, -0.05) is 48.0 Å². The molecule has 3 N–H and O–H groups in total. The number of hydrogen-bond acceptors (Lipinski definition) is 2. The van der Waals surface area contributed by atoms with Crippen molar-refractivity contribution in [1.82, 2.24) is 5.43 Å². The predicted molar refractivity (Wildman–Crippen MR) is 80.0 cm³/mol. The second-order valence-corrected chi connectivity index (χ2v) is 6.33. The van der Waals surface area contributed by atoms with Crippen molar-refractivity contribution in [3.63, 3.8) is 0 Å². The highest BCUT2D eigenvalue weighted by molar-refractivity contribution is 9.10. The number of hydrazine groups is 1. The standard InChI is InChI=1S/C15H22BrFN2/c16-12-8-9-14(17)13(10-12)15(19-18)11-6-4-2-1-3-5-7-11/h8-11,15,19H,1-7,18H2. The van der Waals surface area contributed by atoms with Crippen LogP contribution in [-0.2, 0) is 0 Å². The minimum Gasteiger partial charge on any atom is -0.271 e. The van der Waals surface area contributed by atoms with Crippen LogP contribution in [0.5, 0.6) is 0 Å². The molecule has 0 amide bonds. The van der Waals surface area contributed by atoms with Crippen LogP contribution in [0.15, 0.2) is 22.7 Å². The number of hydrogen-bond donors (Lipinski definition) is 2. The highest BCUT2D eigenvalue weighted by atomic mass is 79.9. The molecular weight excluding hydrogens is 307 g/mol. The van der Waals surface area contributed by atoms with Crippen LogP contribution >= 0.6 is 15.9 Å². The van der Waals surface area contributed by atoms with Crippen molar-refractivity contribution in [3.8, 4) is 0 Å². The van der Waals surface area contributed by atoms with Gasteiger partial charge in [0.1, 0.15) is 5.82 Å². The molecule has 2 nitrogen and oxygen atoms in total. The van der Waals surface area contributed by atoms with Gasteiger partial charge in [-0.15, -0.1) is 0 Å². The molecule has 1 aliphatic carbocycles. The molecule has 0 bridgehead atoms. The highest BCUT2D eigenvalue weighted by Gasteiger charge is 2.25. The maximum atomic E-state index is 14.0. The molecule has 106 valence electrons. The molecule has 0 spiro atoms. The molecule has 0 heterocycles. The van der Waals surface area contributed by atoms with Crippen LogP contribution in [0.3, 0.4) is 0 Å². The van der Waals surface area contributed by atoms with Gasteiger partial charge in [0.15, 0.2) is 0 Å². The second-order valence-electron chi connectivity index (χ2n) is 5.42. The molecular formula is C15H22BrFN2. The Hall–Kier alpha value is -0.450. The van der Waals surface area contributed by atoms with Gasteiger partial charge in [0.05, 0.1) is 6.04 Å². The molecule has 1 aliphatic rings. The molecule has 19 heavy (non-hydrogen) atoms. The number of rotatable bonds is 3. The molecule has 4 heteroatoms. The average Bonchev–Trinajstić information content (AvgIpc) is 2.36. The van der Waals surface area contributed by atoms with Crippen molar-refractivity contribution in [3.05, 3.63) is 34.1 Å². The molecule has 0 radical (unpaired) electrons. The van der Waals surface area contributed by atoms with Gasteiger partial charge in [0.25, 0.3) is 0 Å². The molecule has 0 aliphatic heterocycles. The fourth-order valence-corrected chi connectivity index (χ4v) is 3.43. The maximum Gasteiger partial charge on any atom is 0.128 e. The van der Waals surface area contributed by atoms with Crippen LogP contribution in [0, 0.1) is 11.7 Å². The summed E-state index contributed by atoms with van der Waals surface area (Å²) in [5, 5.41) is 0. The van der Waals surface area contributed by atoms with Crippen LogP contribution in [0.4, 0.5) is 4.39 Å². The minimum atomic E-state index is -0.173. The molecule has 2 rings (SSSR count). The molecule has 1 aromatic carbocycles. The molecule has 0 aromatic heterocycles. The van der Waals surface area contributed by atoms with Crippen molar-refractivity contribution in [2.45, 2.75) is 51.0 Å². The van der Waals surface area contributed by atoms with Gasteiger partial charge in [-0.2, -0.15) is 0 Å². The van der Waals surface area contributed by atoms with Gasteiger partial charge in [-0.25, -0.2) is 4.39 Å². The first kappa shape index (κ1) is 14.9. The van der Waals surface area contributed by atoms with Gasteiger partial charge in [-0.05, 0) is 37.0 Å². The SMILES string of the molecule is NNC(c1cc(Br)ccc1F)C1CCCCCCC1. The van der Waals surface area contributed by atoms with Crippen LogP contribution in [-0.4, -0.2) is 0 Å².